The highest BCUT2D eigenvalue weighted by Gasteiger charge is 2.56. The lowest BCUT2D eigenvalue weighted by atomic mass is 9.91. The molecular weight excluding hydrogens is 446 g/mol. The van der Waals surface area contributed by atoms with Crippen molar-refractivity contribution in [1.82, 2.24) is 14.7 Å². The van der Waals surface area contributed by atoms with Gasteiger partial charge in [0.2, 0.25) is 0 Å². The zero-order chi connectivity index (χ0) is 24.6. The third-order valence-electron chi connectivity index (χ3n) is 9.21. The normalized spacial score (nSPS) is 29.2. The molecule has 4 heterocycles. The second-order valence-corrected chi connectivity index (χ2v) is 11.2. The number of fused-ring (bicyclic) bond motifs is 6. The lowest BCUT2D eigenvalue weighted by Gasteiger charge is -2.50. The number of likely N-dealkylation sites (tertiary alicyclic amines) is 1. The van der Waals surface area contributed by atoms with E-state index < -0.39 is 0 Å². The minimum atomic E-state index is 0.0749. The van der Waals surface area contributed by atoms with E-state index in [0.717, 1.165) is 43.6 Å². The fourth-order valence-electron chi connectivity index (χ4n) is 7.71. The number of rotatable bonds is 6. The molecule has 4 saturated heterocycles. The van der Waals surface area contributed by atoms with Gasteiger partial charge in [-0.3, -0.25) is 14.6 Å². The predicted molar refractivity (Wildman–Crippen MR) is 143 cm³/mol. The molecule has 5 unspecified atom stereocenters. The van der Waals surface area contributed by atoms with Crippen LogP contribution in [-0.2, 0) is 0 Å². The van der Waals surface area contributed by atoms with E-state index in [1.807, 2.05) is 29.2 Å². The van der Waals surface area contributed by atoms with Gasteiger partial charge in [0.15, 0.2) is 0 Å². The van der Waals surface area contributed by atoms with Crippen LogP contribution in [-0.4, -0.2) is 69.5 Å². The number of benzene rings is 2. The minimum absolute atomic E-state index is 0.0749. The van der Waals surface area contributed by atoms with Crippen LogP contribution >= 0.6 is 0 Å². The molecular formula is C31H39N3O2. The van der Waals surface area contributed by atoms with Crippen LogP contribution in [0.3, 0.4) is 0 Å². The summed E-state index contributed by atoms with van der Waals surface area (Å²) in [5.74, 6) is 0.472. The van der Waals surface area contributed by atoms with Gasteiger partial charge in [-0.05, 0) is 73.9 Å². The molecule has 2 aromatic rings. The van der Waals surface area contributed by atoms with Gasteiger partial charge in [-0.1, -0.05) is 43.2 Å². The Labute approximate surface area is 215 Å². The van der Waals surface area contributed by atoms with E-state index in [2.05, 4.69) is 40.7 Å². The molecule has 1 amide bonds. The van der Waals surface area contributed by atoms with Crippen molar-refractivity contribution in [3.05, 3.63) is 77.9 Å². The Morgan fingerprint density at radius 2 is 1.53 bits per heavy atom. The van der Waals surface area contributed by atoms with Crippen LogP contribution in [0.1, 0.15) is 78.9 Å². The molecule has 4 bridgehead atoms. The monoisotopic (exact) mass is 485 g/mol. The van der Waals surface area contributed by atoms with Gasteiger partial charge >= 0.3 is 0 Å². The molecule has 4 aliphatic rings. The number of hydrogen-bond donors (Lipinski definition) is 1. The maximum absolute atomic E-state index is 13.2. The number of phenolic OH excluding ortho intramolecular Hbond substituents is 1. The Morgan fingerprint density at radius 3 is 2.14 bits per heavy atom. The Bertz CT molecular complexity index is 1070. The van der Waals surface area contributed by atoms with Crippen molar-refractivity contribution in [2.75, 3.05) is 19.6 Å². The van der Waals surface area contributed by atoms with Crippen molar-refractivity contribution in [3.63, 3.8) is 0 Å². The van der Waals surface area contributed by atoms with Gasteiger partial charge in [0.25, 0.3) is 5.91 Å². The number of hydrogen-bond acceptors (Lipinski definition) is 4. The average molecular weight is 486 g/mol. The lowest BCUT2D eigenvalue weighted by molar-refractivity contribution is -0.00329. The first-order chi connectivity index (χ1) is 17.7. The van der Waals surface area contributed by atoms with E-state index in [0.29, 0.717) is 29.9 Å². The molecule has 0 aliphatic carbocycles. The summed E-state index contributed by atoms with van der Waals surface area (Å²) in [6, 6.07) is 18.4. The molecule has 0 spiro atoms. The number of aromatic hydroxyl groups is 1. The molecule has 190 valence electrons. The van der Waals surface area contributed by atoms with Crippen LogP contribution < -0.4 is 0 Å². The van der Waals surface area contributed by atoms with E-state index in [1.54, 1.807) is 6.07 Å². The Balaban J connectivity index is 1.33. The summed E-state index contributed by atoms with van der Waals surface area (Å²) in [7, 11) is 0. The highest BCUT2D eigenvalue weighted by Crippen LogP contribution is 2.50. The number of phenols is 1. The zero-order valence-electron chi connectivity index (χ0n) is 21.3. The average Bonchev–Trinajstić information content (AvgIpc) is 3.25. The van der Waals surface area contributed by atoms with Gasteiger partial charge < -0.3 is 10.0 Å². The van der Waals surface area contributed by atoms with Gasteiger partial charge in [-0.25, -0.2) is 0 Å². The quantitative estimate of drug-likeness (QED) is 0.560. The summed E-state index contributed by atoms with van der Waals surface area (Å²) in [6.07, 6.45) is 11.7. The molecule has 1 N–H and O–H groups in total. The van der Waals surface area contributed by atoms with Crippen LogP contribution in [0.4, 0.5) is 0 Å². The summed E-state index contributed by atoms with van der Waals surface area (Å²) >= 11 is 0. The highest BCUT2D eigenvalue weighted by atomic mass is 16.3. The molecule has 5 atom stereocenters. The fraction of sp³-hybridized carbons (Fsp3) is 0.516. The van der Waals surface area contributed by atoms with Crippen LogP contribution in [0, 0.1) is 0 Å². The van der Waals surface area contributed by atoms with Gasteiger partial charge in [0.05, 0.1) is 6.04 Å². The highest BCUT2D eigenvalue weighted by molar-refractivity contribution is 5.94. The summed E-state index contributed by atoms with van der Waals surface area (Å²) in [6.45, 7) is 6.74. The maximum Gasteiger partial charge on any atom is 0.253 e. The zero-order valence-corrected chi connectivity index (χ0v) is 21.3. The smallest absolute Gasteiger partial charge is 0.253 e. The fourth-order valence-corrected chi connectivity index (χ4v) is 7.71. The largest absolute Gasteiger partial charge is 0.508 e. The van der Waals surface area contributed by atoms with E-state index in [9.17, 15) is 9.90 Å². The summed E-state index contributed by atoms with van der Waals surface area (Å²) in [5.41, 5.74) is 3.13. The molecule has 4 aliphatic heterocycles. The van der Waals surface area contributed by atoms with Crippen LogP contribution in [0.25, 0.3) is 0 Å². The van der Waals surface area contributed by atoms with Crippen molar-refractivity contribution < 1.29 is 9.90 Å². The second-order valence-electron chi connectivity index (χ2n) is 11.2. The third kappa shape index (κ3) is 4.16. The van der Waals surface area contributed by atoms with E-state index >= 15 is 0 Å². The number of piperazine rings is 1. The van der Waals surface area contributed by atoms with E-state index in [-0.39, 0.29) is 11.9 Å². The van der Waals surface area contributed by atoms with Crippen molar-refractivity contribution in [2.45, 2.75) is 81.6 Å². The SMILES string of the molecule is C=CCN1C2CCC1C1CCC2N1C(c1ccc(C(=O)N2CCCCCC2)cc1)c1cccc(O)c1. The molecule has 2 aromatic carbocycles. The molecule has 0 aromatic heterocycles. The first-order valence-electron chi connectivity index (χ1n) is 14.0. The van der Waals surface area contributed by atoms with Gasteiger partial charge in [0.1, 0.15) is 5.75 Å². The summed E-state index contributed by atoms with van der Waals surface area (Å²) < 4.78 is 0. The van der Waals surface area contributed by atoms with Crippen LogP contribution in [0.5, 0.6) is 5.75 Å². The Hall–Kier alpha value is -2.63. The molecule has 0 radical (unpaired) electrons. The molecule has 0 saturated carbocycles. The van der Waals surface area contributed by atoms with Crippen LogP contribution in [0.2, 0.25) is 0 Å². The second kappa shape index (κ2) is 10.0. The van der Waals surface area contributed by atoms with Crippen molar-refractivity contribution in [2.24, 2.45) is 0 Å². The minimum Gasteiger partial charge on any atom is -0.508 e. The van der Waals surface area contributed by atoms with Crippen LogP contribution in [0.15, 0.2) is 61.2 Å². The summed E-state index contributed by atoms with van der Waals surface area (Å²) in [4.78, 5) is 20.7. The van der Waals surface area contributed by atoms with Gasteiger partial charge in [-0.2, -0.15) is 0 Å². The molecule has 6 rings (SSSR count). The maximum atomic E-state index is 13.2. The number of amides is 1. The third-order valence-corrected chi connectivity index (χ3v) is 9.21. The van der Waals surface area contributed by atoms with Crippen molar-refractivity contribution in [1.29, 1.82) is 0 Å². The first kappa shape index (κ1) is 23.7. The Kier molecular flexibility index (Phi) is 6.61. The standard InChI is InChI=1S/C31H39N3O2/c1-2-18-33-26-14-15-27(33)29-17-16-28(26)34(29)30(24-8-7-9-25(35)21-24)22-10-12-23(13-11-22)31(36)32-19-5-3-4-6-20-32/h2,7-13,21,26-30,35H,1,3-6,14-20H2. The number of carbonyl (C=O) groups excluding carboxylic acids is 1. The van der Waals surface area contributed by atoms with E-state index in [1.165, 1.54) is 44.1 Å². The molecule has 36 heavy (non-hydrogen) atoms. The molecule has 5 heteroatoms. The van der Waals surface area contributed by atoms with Gasteiger partial charge in [0, 0.05) is 49.4 Å². The number of carbonyl (C=O) groups is 1. The van der Waals surface area contributed by atoms with Crippen molar-refractivity contribution in [3.8, 4) is 5.75 Å². The topological polar surface area (TPSA) is 47.0 Å². The predicted octanol–water partition coefficient (Wildman–Crippen LogP) is 5.36. The molecule has 5 nitrogen and oxygen atoms in total. The van der Waals surface area contributed by atoms with E-state index in [4.69, 9.17) is 0 Å². The molecule has 4 fully saturated rings. The van der Waals surface area contributed by atoms with Gasteiger partial charge in [-0.15, -0.1) is 6.58 Å². The lowest BCUT2D eigenvalue weighted by Crippen LogP contribution is -2.60. The first-order valence-corrected chi connectivity index (χ1v) is 14.0. The summed E-state index contributed by atoms with van der Waals surface area (Å²) in [5, 5.41) is 10.4. The number of nitrogens with zero attached hydrogens (tertiary/aromatic N) is 3. The Morgan fingerprint density at radius 1 is 0.889 bits per heavy atom. The van der Waals surface area contributed by atoms with Crippen molar-refractivity contribution >= 4 is 5.91 Å².